The minimum Gasteiger partial charge on any atom is -0.456 e. The van der Waals surface area contributed by atoms with Crippen LogP contribution in [0.4, 0.5) is 4.79 Å². The minimum atomic E-state index is -2.41. The summed E-state index contributed by atoms with van der Waals surface area (Å²) in [4.78, 5) is 83.3. The molecule has 1 aliphatic heterocycles. The van der Waals surface area contributed by atoms with E-state index in [2.05, 4.69) is 11.9 Å². The predicted molar refractivity (Wildman–Crippen MR) is 222 cm³/mol. The molecule has 2 saturated carbocycles. The van der Waals surface area contributed by atoms with Gasteiger partial charge in [-0.1, -0.05) is 57.2 Å². The van der Waals surface area contributed by atoms with Crippen LogP contribution in [0.15, 0.2) is 53.6 Å². The molecule has 1 aromatic rings. The molecule has 0 aromatic heterocycles. The van der Waals surface area contributed by atoms with Gasteiger partial charge >= 0.3 is 30.0 Å². The van der Waals surface area contributed by atoms with E-state index < -0.39 is 118 Å². The highest BCUT2D eigenvalue weighted by molar-refractivity contribution is 5.96. The van der Waals surface area contributed by atoms with Crippen LogP contribution in [0.5, 0.6) is 0 Å². The maximum Gasteiger partial charge on any atom is 0.408 e. The lowest BCUT2D eigenvalue weighted by atomic mass is 9.44. The standard InChI is InChI=1S/C46H61NO15/c1-13-26-16-15-17-27(19-26)39(53)60-38-36-44(12,30(49)20-31-45(36,22-57-31)61-25(6)48)37(52)35(59-32(50)14-2)33-24(5)29(21-46(38,56)43(33,10)11)58-40(54)34(51)28(18-23(3)4)47-41(55)62-42(7,8)9/h13,15-19,28-31,34-36,38,49,51,56H,1,14,20-22H2,2-12H3,(H,47,55)/t28-,29-,30-,31+,34+,35+,36?,38-,44+,45-,46+/m0/s1. The summed E-state index contributed by atoms with van der Waals surface area (Å²) in [5, 5.41) is 39.8. The van der Waals surface area contributed by atoms with Crippen molar-refractivity contribution in [1.82, 2.24) is 5.32 Å². The zero-order valence-corrected chi connectivity index (χ0v) is 37.4. The number of rotatable bonds is 11. The van der Waals surface area contributed by atoms with E-state index in [0.29, 0.717) is 11.1 Å². The van der Waals surface area contributed by atoms with Gasteiger partial charge < -0.3 is 49.1 Å². The Hall–Kier alpha value is -4.90. The summed E-state index contributed by atoms with van der Waals surface area (Å²) < 4.78 is 35.8. The third kappa shape index (κ3) is 8.58. The Bertz CT molecular complexity index is 2060. The predicted octanol–water partition coefficient (Wildman–Crippen LogP) is 4.46. The van der Waals surface area contributed by atoms with Crippen molar-refractivity contribution >= 4 is 41.8 Å². The van der Waals surface area contributed by atoms with Crippen LogP contribution >= 0.6 is 0 Å². The average Bonchev–Trinajstić information content (AvgIpc) is 3.17. The van der Waals surface area contributed by atoms with Gasteiger partial charge in [0.1, 0.15) is 29.5 Å². The third-order valence-electron chi connectivity index (χ3n) is 12.8. The summed E-state index contributed by atoms with van der Waals surface area (Å²) >= 11 is 0. The lowest BCUT2D eigenvalue weighted by molar-refractivity contribution is -0.346. The van der Waals surface area contributed by atoms with Crippen LogP contribution < -0.4 is 5.32 Å². The summed E-state index contributed by atoms with van der Waals surface area (Å²) in [5.41, 5.74) is -7.50. The van der Waals surface area contributed by atoms with Crippen molar-refractivity contribution in [2.75, 3.05) is 6.61 Å². The number of esters is 4. The SMILES string of the molecule is C=Cc1cccc(C(=O)O[C@H]2C3[C@](C)(C(=O)[C@H](OC(=O)CC)C4=C(C)[C@@H](OC(=O)[C@H](O)[C@H](C=C(C)C)NC(=O)OC(C)(C)C)C[C@]2(O)C4(C)C)[C@@H](O)C[C@H]2OC[C@@]32OC(C)=O)c1. The van der Waals surface area contributed by atoms with Crippen LogP contribution in [0.2, 0.25) is 0 Å². The number of benzene rings is 1. The molecule has 5 rings (SSSR count). The zero-order chi connectivity index (χ0) is 46.5. The Morgan fingerprint density at radius 2 is 1.73 bits per heavy atom. The van der Waals surface area contributed by atoms with Gasteiger partial charge in [0.2, 0.25) is 0 Å². The fourth-order valence-electron chi connectivity index (χ4n) is 9.66. The number of allylic oxidation sites excluding steroid dienone is 1. The fraction of sp³-hybridized carbons (Fsp3) is 0.609. The van der Waals surface area contributed by atoms with Gasteiger partial charge in [0, 0.05) is 31.6 Å². The molecular weight excluding hydrogens is 806 g/mol. The van der Waals surface area contributed by atoms with Crippen molar-refractivity contribution in [2.45, 2.75) is 155 Å². The molecule has 4 N–H and O–H groups in total. The van der Waals surface area contributed by atoms with E-state index in [9.17, 15) is 39.3 Å². The number of hydrogen-bond donors (Lipinski definition) is 4. The molecule has 1 amide bonds. The van der Waals surface area contributed by atoms with Crippen LogP contribution in [-0.2, 0) is 47.6 Å². The summed E-state index contributed by atoms with van der Waals surface area (Å²) in [5.74, 6) is -6.25. The molecule has 4 aliphatic rings. The molecule has 3 fully saturated rings. The number of fused-ring (bicyclic) bond motifs is 5. The number of alkyl carbamates (subject to hydrolysis) is 1. The summed E-state index contributed by atoms with van der Waals surface area (Å²) in [6, 6.07) is 4.92. The fourth-order valence-corrected chi connectivity index (χ4v) is 9.66. The van der Waals surface area contributed by atoms with Crippen LogP contribution in [0, 0.1) is 16.7 Å². The molecule has 1 unspecified atom stereocenters. The number of hydrogen-bond acceptors (Lipinski definition) is 15. The van der Waals surface area contributed by atoms with E-state index in [1.165, 1.54) is 45.1 Å². The first-order valence-electron chi connectivity index (χ1n) is 20.8. The number of aliphatic hydroxyl groups is 3. The van der Waals surface area contributed by atoms with E-state index in [4.69, 9.17) is 28.4 Å². The van der Waals surface area contributed by atoms with Gasteiger partial charge in [-0.15, -0.1) is 0 Å². The van der Waals surface area contributed by atoms with Gasteiger partial charge in [-0.3, -0.25) is 14.4 Å². The quantitative estimate of drug-likeness (QED) is 0.137. The Morgan fingerprint density at radius 1 is 1.06 bits per heavy atom. The largest absolute Gasteiger partial charge is 0.456 e. The van der Waals surface area contributed by atoms with Gasteiger partial charge in [-0.2, -0.15) is 0 Å². The van der Waals surface area contributed by atoms with Crippen molar-refractivity contribution in [3.05, 3.63) is 64.8 Å². The second kappa shape index (κ2) is 17.3. The molecule has 62 heavy (non-hydrogen) atoms. The molecule has 0 radical (unpaired) electrons. The number of carbonyl (C=O) groups excluding carboxylic acids is 6. The highest BCUT2D eigenvalue weighted by Crippen LogP contribution is 2.64. The van der Waals surface area contributed by atoms with Crippen LogP contribution in [-0.4, -0.2) is 117 Å². The second-order valence-corrected chi connectivity index (χ2v) is 18.7. The molecule has 3 aliphatic carbocycles. The summed E-state index contributed by atoms with van der Waals surface area (Å²) in [6.07, 6.45) is -8.77. The first kappa shape index (κ1) is 48.1. The van der Waals surface area contributed by atoms with Crippen molar-refractivity contribution in [2.24, 2.45) is 16.7 Å². The van der Waals surface area contributed by atoms with E-state index in [0.717, 1.165) is 6.92 Å². The highest BCUT2D eigenvalue weighted by atomic mass is 16.6. The molecule has 11 atom stereocenters. The van der Waals surface area contributed by atoms with Gasteiger partial charge in [-0.05, 0) is 77.3 Å². The number of amides is 1. The van der Waals surface area contributed by atoms with Gasteiger partial charge in [-0.25, -0.2) is 14.4 Å². The van der Waals surface area contributed by atoms with Crippen LogP contribution in [0.1, 0.15) is 111 Å². The number of nitrogens with one attached hydrogen (secondary N) is 1. The Kier molecular flexibility index (Phi) is 13.5. The van der Waals surface area contributed by atoms with E-state index >= 15 is 4.79 Å². The molecule has 2 bridgehead atoms. The van der Waals surface area contributed by atoms with Crippen molar-refractivity contribution in [1.29, 1.82) is 0 Å². The molecular formula is C46H61NO15. The smallest absolute Gasteiger partial charge is 0.408 e. The van der Waals surface area contributed by atoms with Gasteiger partial charge in [0.15, 0.2) is 23.6 Å². The van der Waals surface area contributed by atoms with Gasteiger partial charge in [0.05, 0.1) is 35.6 Å². The van der Waals surface area contributed by atoms with Gasteiger partial charge in [0.25, 0.3) is 0 Å². The number of Topliss-reactive ketones (excluding diaryl/α,β-unsaturated/α-hetero) is 1. The molecule has 1 aromatic carbocycles. The van der Waals surface area contributed by atoms with E-state index in [1.807, 2.05) is 0 Å². The highest BCUT2D eigenvalue weighted by Gasteiger charge is 2.78. The van der Waals surface area contributed by atoms with Crippen molar-refractivity contribution in [3.63, 3.8) is 0 Å². The Balaban J connectivity index is 1.76. The molecule has 1 saturated heterocycles. The average molecular weight is 868 g/mol. The maximum absolute atomic E-state index is 15.6. The number of ketones is 1. The topological polar surface area (TPSA) is 231 Å². The first-order valence-corrected chi connectivity index (χ1v) is 20.8. The number of aliphatic hydroxyl groups excluding tert-OH is 2. The summed E-state index contributed by atoms with van der Waals surface area (Å²) in [7, 11) is 0. The Morgan fingerprint density at radius 3 is 2.27 bits per heavy atom. The number of carbonyl (C=O) groups is 6. The lowest BCUT2D eigenvalue weighted by Crippen LogP contribution is -2.82. The monoisotopic (exact) mass is 867 g/mol. The zero-order valence-electron chi connectivity index (χ0n) is 37.4. The third-order valence-corrected chi connectivity index (χ3v) is 12.8. The second-order valence-electron chi connectivity index (χ2n) is 18.7. The maximum atomic E-state index is 15.6. The summed E-state index contributed by atoms with van der Waals surface area (Å²) in [6.45, 7) is 20.4. The first-order chi connectivity index (χ1) is 28.7. The molecule has 0 spiro atoms. The molecule has 340 valence electrons. The Labute approximate surface area is 362 Å². The van der Waals surface area contributed by atoms with Crippen LogP contribution in [0.25, 0.3) is 6.08 Å². The molecule has 16 nitrogen and oxygen atoms in total. The van der Waals surface area contributed by atoms with Crippen LogP contribution in [0.3, 0.4) is 0 Å². The van der Waals surface area contributed by atoms with Crippen molar-refractivity contribution < 1.29 is 72.5 Å². The normalized spacial score (nSPS) is 32.1. The number of ether oxygens (including phenoxy) is 6. The van der Waals surface area contributed by atoms with E-state index in [-0.39, 0.29) is 36.2 Å². The molecule has 1 heterocycles. The van der Waals surface area contributed by atoms with E-state index in [1.54, 1.807) is 60.6 Å². The molecule has 16 heteroatoms. The minimum absolute atomic E-state index is 0.00633. The van der Waals surface area contributed by atoms with Crippen molar-refractivity contribution in [3.8, 4) is 0 Å². The lowest BCUT2D eigenvalue weighted by Gasteiger charge is -2.67.